The van der Waals surface area contributed by atoms with Crippen LogP contribution in [0.2, 0.25) is 0 Å². The lowest BCUT2D eigenvalue weighted by molar-refractivity contribution is -0.148. The number of H-pyrrole nitrogens is 1. The Balaban J connectivity index is 1.31. The molecule has 2 saturated carbocycles. The highest BCUT2D eigenvalue weighted by atomic mass is 19.3. The minimum absolute atomic E-state index is 0.0635. The number of aryl methyl sites for hydroxylation is 1. The van der Waals surface area contributed by atoms with Crippen LogP contribution in [0.25, 0.3) is 0 Å². The number of rotatable bonds is 6. The van der Waals surface area contributed by atoms with E-state index in [2.05, 4.69) is 32.1 Å². The van der Waals surface area contributed by atoms with Crippen LogP contribution in [0.15, 0.2) is 24.4 Å². The summed E-state index contributed by atoms with van der Waals surface area (Å²) in [4.78, 5) is 40.1. The molecular formula is C26H23F2N7O3. The van der Waals surface area contributed by atoms with Crippen LogP contribution in [0, 0.1) is 31.1 Å². The molecule has 2 aliphatic carbocycles. The van der Waals surface area contributed by atoms with Gasteiger partial charge in [-0.15, -0.1) is 0 Å². The minimum atomic E-state index is -3.00. The predicted octanol–water partition coefficient (Wildman–Crippen LogP) is 3.09. The number of aromatic amines is 1. The number of aromatic nitrogens is 4. The second-order valence-electron chi connectivity index (χ2n) is 10.5. The van der Waals surface area contributed by atoms with Crippen molar-refractivity contribution >= 4 is 23.3 Å². The van der Waals surface area contributed by atoms with E-state index in [4.69, 9.17) is 0 Å². The Hall–Kier alpha value is -4.40. The highest BCUT2D eigenvalue weighted by molar-refractivity contribution is 6.44. The number of hydrogen-bond acceptors (Lipinski definition) is 6. The van der Waals surface area contributed by atoms with Gasteiger partial charge in [0.05, 0.1) is 28.9 Å². The zero-order valence-corrected chi connectivity index (χ0v) is 20.6. The normalized spacial score (nSPS) is 21.4. The Morgan fingerprint density at radius 1 is 1.24 bits per heavy atom. The topological polar surface area (TPSA) is 146 Å². The monoisotopic (exact) mass is 519 g/mol. The number of fused-ring (bicyclic) bond motifs is 3. The van der Waals surface area contributed by atoms with Crippen LogP contribution in [0.3, 0.4) is 0 Å². The molecule has 6 rings (SSSR count). The Morgan fingerprint density at radius 2 is 2.00 bits per heavy atom. The van der Waals surface area contributed by atoms with Gasteiger partial charge in [-0.05, 0) is 55.9 Å². The standard InChI is InChI=1S/C26H23F2N7O3/c1-12-3-4-16(5-15(12)8-29)31-23(37)21-13(2)20(18-7-14-6-17(14)35(18)21)22(36)24(38)32-25(10-26(27,28)11-25)19-9-30-34-33-19/h3-5,9,14,17H,6-7,10-11H2,1-2H3,(H,31,37)(H,32,38)(H,30,33,34)/t14-,17-/m1/s1. The summed E-state index contributed by atoms with van der Waals surface area (Å²) in [6.45, 7) is 3.40. The zero-order valence-electron chi connectivity index (χ0n) is 20.6. The Labute approximate surface area is 215 Å². The first-order valence-corrected chi connectivity index (χ1v) is 12.2. The summed E-state index contributed by atoms with van der Waals surface area (Å²) in [6, 6.07) is 7.15. The molecular weight excluding hydrogens is 496 g/mol. The maximum Gasteiger partial charge on any atom is 0.293 e. The molecule has 2 atom stereocenters. The van der Waals surface area contributed by atoms with E-state index >= 15 is 0 Å². The summed E-state index contributed by atoms with van der Waals surface area (Å²) < 4.78 is 29.6. The average Bonchev–Trinajstić information content (AvgIpc) is 3.18. The van der Waals surface area contributed by atoms with Crippen molar-refractivity contribution in [3.05, 3.63) is 63.7 Å². The Bertz CT molecular complexity index is 1560. The number of hydrogen-bond donors (Lipinski definition) is 3. The molecule has 10 nitrogen and oxygen atoms in total. The molecule has 2 amide bonds. The molecule has 0 bridgehead atoms. The molecule has 3 heterocycles. The van der Waals surface area contributed by atoms with E-state index in [0.717, 1.165) is 12.0 Å². The molecule has 12 heteroatoms. The number of benzene rings is 1. The van der Waals surface area contributed by atoms with E-state index in [1.54, 1.807) is 32.0 Å². The second kappa shape index (κ2) is 8.05. The number of carbonyl (C=O) groups excluding carboxylic acids is 3. The van der Waals surface area contributed by atoms with Gasteiger partial charge in [0.15, 0.2) is 0 Å². The van der Waals surface area contributed by atoms with Crippen LogP contribution >= 0.6 is 0 Å². The van der Waals surface area contributed by atoms with Crippen molar-refractivity contribution in [3.8, 4) is 6.07 Å². The molecule has 1 aromatic carbocycles. The fraction of sp³-hybridized carbons (Fsp3) is 0.385. The van der Waals surface area contributed by atoms with Crippen LogP contribution < -0.4 is 10.6 Å². The van der Waals surface area contributed by atoms with E-state index in [1.807, 2.05) is 4.57 Å². The van der Waals surface area contributed by atoms with Crippen molar-refractivity contribution in [2.24, 2.45) is 5.92 Å². The zero-order chi connectivity index (χ0) is 27.0. The summed E-state index contributed by atoms with van der Waals surface area (Å²) in [6.07, 6.45) is 1.27. The maximum atomic E-state index is 13.9. The first-order valence-electron chi connectivity index (χ1n) is 12.2. The summed E-state index contributed by atoms with van der Waals surface area (Å²) in [5.41, 5.74) is 1.62. The summed E-state index contributed by atoms with van der Waals surface area (Å²) in [5.74, 6) is -5.10. The highest BCUT2D eigenvalue weighted by Gasteiger charge is 2.60. The number of halogens is 2. The van der Waals surface area contributed by atoms with Gasteiger partial charge in [0.25, 0.3) is 23.5 Å². The molecule has 0 spiro atoms. The van der Waals surface area contributed by atoms with Crippen LogP contribution in [-0.2, 0) is 16.8 Å². The van der Waals surface area contributed by atoms with Gasteiger partial charge in [-0.25, -0.2) is 8.78 Å². The molecule has 3 N–H and O–H groups in total. The van der Waals surface area contributed by atoms with Gasteiger partial charge in [0.2, 0.25) is 0 Å². The number of anilines is 1. The largest absolute Gasteiger partial charge is 0.337 e. The third-order valence-electron chi connectivity index (χ3n) is 7.87. The third kappa shape index (κ3) is 3.60. The minimum Gasteiger partial charge on any atom is -0.337 e. The average molecular weight is 520 g/mol. The van der Waals surface area contributed by atoms with Gasteiger partial charge >= 0.3 is 0 Å². The van der Waals surface area contributed by atoms with E-state index in [-0.39, 0.29) is 28.9 Å². The molecule has 38 heavy (non-hydrogen) atoms. The first-order chi connectivity index (χ1) is 18.0. The van der Waals surface area contributed by atoms with Crippen LogP contribution in [0.4, 0.5) is 14.5 Å². The van der Waals surface area contributed by atoms with Crippen LogP contribution in [0.1, 0.15) is 74.2 Å². The fourth-order valence-corrected chi connectivity index (χ4v) is 5.93. The number of nitrogens with zero attached hydrogens (tertiary/aromatic N) is 4. The fourth-order valence-electron chi connectivity index (χ4n) is 5.93. The molecule has 1 aliphatic heterocycles. The Kier molecular flexibility index (Phi) is 5.08. The van der Waals surface area contributed by atoms with Gasteiger partial charge in [0, 0.05) is 30.3 Å². The van der Waals surface area contributed by atoms with Gasteiger partial charge in [-0.1, -0.05) is 6.07 Å². The molecule has 2 fully saturated rings. The number of carbonyl (C=O) groups is 3. The van der Waals surface area contributed by atoms with Gasteiger partial charge < -0.3 is 15.2 Å². The van der Waals surface area contributed by atoms with Crippen molar-refractivity contribution in [2.75, 3.05) is 5.32 Å². The van der Waals surface area contributed by atoms with E-state index in [9.17, 15) is 28.4 Å². The van der Waals surface area contributed by atoms with Crippen LogP contribution in [0.5, 0.6) is 0 Å². The van der Waals surface area contributed by atoms with Crippen molar-refractivity contribution in [3.63, 3.8) is 0 Å². The smallest absolute Gasteiger partial charge is 0.293 e. The molecule has 0 radical (unpaired) electrons. The van der Waals surface area contributed by atoms with E-state index in [1.165, 1.54) is 6.20 Å². The number of ketones is 1. The summed E-state index contributed by atoms with van der Waals surface area (Å²) >= 11 is 0. The molecule has 3 aliphatic rings. The molecule has 2 aromatic heterocycles. The van der Waals surface area contributed by atoms with Gasteiger partial charge in [-0.2, -0.15) is 20.7 Å². The number of alkyl halides is 2. The molecule has 0 saturated heterocycles. The van der Waals surface area contributed by atoms with Crippen molar-refractivity contribution in [1.82, 2.24) is 25.3 Å². The third-order valence-corrected chi connectivity index (χ3v) is 7.87. The van der Waals surface area contributed by atoms with Crippen molar-refractivity contribution < 1.29 is 23.2 Å². The molecule has 194 valence electrons. The highest BCUT2D eigenvalue weighted by Crippen LogP contribution is 2.55. The van der Waals surface area contributed by atoms with Crippen LogP contribution in [-0.4, -0.2) is 43.5 Å². The number of amides is 2. The first kappa shape index (κ1) is 24.0. The summed E-state index contributed by atoms with van der Waals surface area (Å²) in [7, 11) is 0. The maximum absolute atomic E-state index is 13.9. The van der Waals surface area contributed by atoms with Crippen molar-refractivity contribution in [2.45, 2.75) is 57.0 Å². The lowest BCUT2D eigenvalue weighted by atomic mass is 9.71. The number of nitrogens with one attached hydrogen (secondary N) is 3. The van der Waals surface area contributed by atoms with E-state index < -0.39 is 41.9 Å². The lowest BCUT2D eigenvalue weighted by Gasteiger charge is -2.46. The Morgan fingerprint density at radius 3 is 2.66 bits per heavy atom. The lowest BCUT2D eigenvalue weighted by Crippen LogP contribution is -2.61. The SMILES string of the molecule is Cc1ccc(NC(=O)c2c(C)c(C(=O)C(=O)NC3(c4cn[nH]n4)CC(F)(F)C3)c3n2[C@@H]2C[C@@H]2C3)cc1C#N. The molecule has 0 unspecified atom stereocenters. The predicted molar refractivity (Wildman–Crippen MR) is 129 cm³/mol. The number of Topliss-reactive ketones (excluding diaryl/α,β-unsaturated/α-hetero) is 1. The molecule has 3 aromatic rings. The van der Waals surface area contributed by atoms with Gasteiger partial charge in [-0.3, -0.25) is 14.4 Å². The second-order valence-corrected chi connectivity index (χ2v) is 10.5. The summed E-state index contributed by atoms with van der Waals surface area (Å²) in [5, 5.41) is 24.5. The number of nitriles is 1. The quantitative estimate of drug-likeness (QED) is 0.337. The van der Waals surface area contributed by atoms with Crippen molar-refractivity contribution in [1.29, 1.82) is 5.26 Å². The van der Waals surface area contributed by atoms with Gasteiger partial charge in [0.1, 0.15) is 11.4 Å². The van der Waals surface area contributed by atoms with E-state index in [0.29, 0.717) is 28.9 Å².